The minimum absolute atomic E-state index is 0.123. The third kappa shape index (κ3) is 3.70. The molecule has 6 heteroatoms. The van der Waals surface area contributed by atoms with Crippen molar-refractivity contribution < 1.29 is 9.53 Å². The molecule has 0 spiro atoms. The molecule has 1 unspecified atom stereocenters. The van der Waals surface area contributed by atoms with Gasteiger partial charge in [0.2, 0.25) is 0 Å². The first-order valence-corrected chi connectivity index (χ1v) is 8.13. The van der Waals surface area contributed by atoms with E-state index in [4.69, 9.17) is 22.7 Å². The average Bonchev–Trinajstić information content (AvgIpc) is 2.94. The van der Waals surface area contributed by atoms with E-state index in [0.717, 1.165) is 12.8 Å². The summed E-state index contributed by atoms with van der Waals surface area (Å²) in [7, 11) is 1.59. The number of amides is 1. The van der Waals surface area contributed by atoms with E-state index in [-0.39, 0.29) is 11.9 Å². The molecule has 0 aromatic carbocycles. The minimum atomic E-state index is -0.203. The number of carbonyl (C=O) groups is 1. The standard InChI is InChI=1S/C14H20N2O2S2/c1-18-10-7-11(20-8-10)14(17)16-12(13(15)19)9-5-3-2-4-6-9/h7-9,12H,2-6H2,1H3,(H2,15,19)(H,16,17). The maximum atomic E-state index is 12.3. The maximum Gasteiger partial charge on any atom is 0.262 e. The van der Waals surface area contributed by atoms with E-state index < -0.39 is 0 Å². The lowest BCUT2D eigenvalue weighted by molar-refractivity contribution is 0.0936. The highest BCUT2D eigenvalue weighted by Crippen LogP contribution is 2.27. The van der Waals surface area contributed by atoms with Crippen molar-refractivity contribution in [2.75, 3.05) is 7.11 Å². The van der Waals surface area contributed by atoms with Crippen LogP contribution in [-0.4, -0.2) is 24.0 Å². The largest absolute Gasteiger partial charge is 0.496 e. The average molecular weight is 312 g/mol. The second-order valence-corrected chi connectivity index (χ2v) is 6.49. The van der Waals surface area contributed by atoms with Gasteiger partial charge in [-0.05, 0) is 18.8 Å². The molecule has 1 fully saturated rings. The van der Waals surface area contributed by atoms with Crippen LogP contribution in [0.25, 0.3) is 0 Å². The molecule has 3 N–H and O–H groups in total. The van der Waals surface area contributed by atoms with Crippen LogP contribution in [-0.2, 0) is 0 Å². The first kappa shape index (κ1) is 15.3. The predicted octanol–water partition coefficient (Wildman–Crippen LogP) is 2.72. The number of hydrogen-bond donors (Lipinski definition) is 2. The summed E-state index contributed by atoms with van der Waals surface area (Å²) in [6, 6.07) is 1.53. The van der Waals surface area contributed by atoms with E-state index in [1.165, 1.54) is 30.6 Å². The lowest BCUT2D eigenvalue weighted by atomic mass is 9.84. The van der Waals surface area contributed by atoms with Gasteiger partial charge in [0.1, 0.15) is 5.75 Å². The molecule has 1 aromatic heterocycles. The Bertz CT molecular complexity index is 481. The highest BCUT2D eigenvalue weighted by Gasteiger charge is 2.27. The Morgan fingerprint density at radius 3 is 2.75 bits per heavy atom. The third-order valence-corrected chi connectivity index (χ3v) is 4.91. The number of rotatable bonds is 5. The highest BCUT2D eigenvalue weighted by molar-refractivity contribution is 7.80. The highest BCUT2D eigenvalue weighted by atomic mass is 32.1. The van der Waals surface area contributed by atoms with E-state index in [2.05, 4.69) is 5.32 Å². The van der Waals surface area contributed by atoms with Crippen LogP contribution in [0.2, 0.25) is 0 Å². The van der Waals surface area contributed by atoms with Crippen molar-refractivity contribution in [1.29, 1.82) is 0 Å². The van der Waals surface area contributed by atoms with Crippen molar-refractivity contribution in [3.05, 3.63) is 16.3 Å². The lowest BCUT2D eigenvalue weighted by Crippen LogP contribution is -2.48. The summed E-state index contributed by atoms with van der Waals surface area (Å²) >= 11 is 6.50. The Morgan fingerprint density at radius 1 is 1.50 bits per heavy atom. The summed E-state index contributed by atoms with van der Waals surface area (Å²) in [5, 5.41) is 4.80. The molecule has 0 bridgehead atoms. The quantitative estimate of drug-likeness (QED) is 0.821. The van der Waals surface area contributed by atoms with Gasteiger partial charge in [-0.25, -0.2) is 0 Å². The molecule has 1 aliphatic carbocycles. The van der Waals surface area contributed by atoms with Gasteiger partial charge in [0.25, 0.3) is 5.91 Å². The topological polar surface area (TPSA) is 64.3 Å². The molecule has 1 amide bonds. The van der Waals surface area contributed by atoms with Gasteiger partial charge in [-0.1, -0.05) is 31.5 Å². The first-order chi connectivity index (χ1) is 9.61. The van der Waals surface area contributed by atoms with Crippen LogP contribution in [0.15, 0.2) is 11.4 Å². The Kier molecular flexibility index (Phi) is 5.37. The monoisotopic (exact) mass is 312 g/mol. The molecule has 0 saturated heterocycles. The number of nitrogens with two attached hydrogens (primary N) is 1. The van der Waals surface area contributed by atoms with Crippen LogP contribution in [0.1, 0.15) is 41.8 Å². The summed E-state index contributed by atoms with van der Waals surface area (Å²) in [6.45, 7) is 0. The van der Waals surface area contributed by atoms with Gasteiger partial charge in [0.15, 0.2) is 0 Å². The molecule has 2 rings (SSSR count). The van der Waals surface area contributed by atoms with Crippen LogP contribution in [0.3, 0.4) is 0 Å². The number of methoxy groups -OCH3 is 1. The van der Waals surface area contributed by atoms with Crippen LogP contribution in [0.4, 0.5) is 0 Å². The number of thiophene rings is 1. The van der Waals surface area contributed by atoms with Crippen molar-refractivity contribution >= 4 is 34.5 Å². The minimum Gasteiger partial charge on any atom is -0.496 e. The van der Waals surface area contributed by atoms with E-state index in [1.54, 1.807) is 13.2 Å². The van der Waals surface area contributed by atoms with Crippen LogP contribution < -0.4 is 15.8 Å². The van der Waals surface area contributed by atoms with E-state index in [0.29, 0.717) is 21.5 Å². The Morgan fingerprint density at radius 2 is 2.20 bits per heavy atom. The second kappa shape index (κ2) is 7.04. The maximum absolute atomic E-state index is 12.3. The van der Waals surface area contributed by atoms with Gasteiger partial charge in [0.05, 0.1) is 23.0 Å². The molecule has 1 atom stereocenters. The SMILES string of the molecule is COc1csc(C(=O)NC(C(N)=S)C2CCCCC2)c1. The molecular weight excluding hydrogens is 292 g/mol. The fourth-order valence-corrected chi connectivity index (χ4v) is 3.65. The zero-order valence-corrected chi connectivity index (χ0v) is 13.2. The molecule has 0 aliphatic heterocycles. The number of hydrogen-bond acceptors (Lipinski definition) is 4. The Balaban J connectivity index is 2.03. The van der Waals surface area contributed by atoms with Crippen molar-refractivity contribution in [3.63, 3.8) is 0 Å². The molecule has 1 saturated carbocycles. The smallest absolute Gasteiger partial charge is 0.262 e. The number of thiocarbonyl (C=S) groups is 1. The van der Waals surface area contributed by atoms with Gasteiger partial charge in [-0.2, -0.15) is 0 Å². The van der Waals surface area contributed by atoms with Gasteiger partial charge in [-0.3, -0.25) is 4.79 Å². The number of ether oxygens (including phenoxy) is 1. The zero-order chi connectivity index (χ0) is 14.5. The summed E-state index contributed by atoms with van der Waals surface area (Å²) in [5.74, 6) is 0.943. The fraction of sp³-hybridized carbons (Fsp3) is 0.571. The van der Waals surface area contributed by atoms with Crippen molar-refractivity contribution in [2.45, 2.75) is 38.1 Å². The predicted molar refractivity (Wildman–Crippen MR) is 85.5 cm³/mol. The summed E-state index contributed by atoms with van der Waals surface area (Å²) in [4.78, 5) is 13.3. The zero-order valence-electron chi connectivity index (χ0n) is 11.6. The number of carbonyl (C=O) groups excluding carboxylic acids is 1. The molecule has 0 radical (unpaired) electrons. The van der Waals surface area contributed by atoms with Crippen LogP contribution in [0.5, 0.6) is 5.75 Å². The van der Waals surface area contributed by atoms with Crippen molar-refractivity contribution in [3.8, 4) is 5.75 Å². The van der Waals surface area contributed by atoms with Crippen LogP contribution >= 0.6 is 23.6 Å². The molecule has 1 aromatic rings. The second-order valence-electron chi connectivity index (χ2n) is 5.10. The summed E-state index contributed by atoms with van der Waals surface area (Å²) in [5.41, 5.74) is 5.82. The summed E-state index contributed by atoms with van der Waals surface area (Å²) < 4.78 is 5.09. The fourth-order valence-electron chi connectivity index (χ4n) is 2.65. The van der Waals surface area contributed by atoms with E-state index >= 15 is 0 Å². The van der Waals surface area contributed by atoms with Crippen LogP contribution in [0, 0.1) is 5.92 Å². The van der Waals surface area contributed by atoms with Gasteiger partial charge in [-0.15, -0.1) is 11.3 Å². The molecule has 110 valence electrons. The van der Waals surface area contributed by atoms with Crippen molar-refractivity contribution in [1.82, 2.24) is 5.32 Å². The van der Waals surface area contributed by atoms with Gasteiger partial charge < -0.3 is 15.8 Å². The molecular formula is C14H20N2O2S2. The Hall–Kier alpha value is -1.14. The van der Waals surface area contributed by atoms with Gasteiger partial charge in [0, 0.05) is 11.4 Å². The van der Waals surface area contributed by atoms with Crippen molar-refractivity contribution in [2.24, 2.45) is 11.7 Å². The van der Waals surface area contributed by atoms with E-state index in [9.17, 15) is 4.79 Å². The first-order valence-electron chi connectivity index (χ1n) is 6.84. The summed E-state index contributed by atoms with van der Waals surface area (Å²) in [6.07, 6.45) is 5.79. The molecule has 20 heavy (non-hydrogen) atoms. The molecule has 1 heterocycles. The number of nitrogens with one attached hydrogen (secondary N) is 1. The normalized spacial score (nSPS) is 17.4. The lowest BCUT2D eigenvalue weighted by Gasteiger charge is -2.30. The molecule has 4 nitrogen and oxygen atoms in total. The Labute approximate surface area is 128 Å². The van der Waals surface area contributed by atoms with Gasteiger partial charge >= 0.3 is 0 Å². The van der Waals surface area contributed by atoms with E-state index in [1.807, 2.05) is 5.38 Å². The third-order valence-electron chi connectivity index (χ3n) is 3.75. The molecule has 1 aliphatic rings.